The molecular weight excluding hydrogens is 208 g/mol. The molecule has 0 bridgehead atoms. The van der Waals surface area contributed by atoms with Crippen molar-refractivity contribution in [3.63, 3.8) is 0 Å². The number of carboxylic acid groups (broad SMARTS) is 1. The van der Waals surface area contributed by atoms with Crippen LogP contribution in [-0.2, 0) is 11.2 Å². The van der Waals surface area contributed by atoms with E-state index in [1.807, 2.05) is 19.9 Å². The van der Waals surface area contributed by atoms with Crippen LogP contribution in [0.4, 0.5) is 0 Å². The molecule has 0 atom stereocenters. The number of methoxy groups -OCH3 is 1. The van der Waals surface area contributed by atoms with Gasteiger partial charge in [0.05, 0.1) is 12.7 Å². The van der Waals surface area contributed by atoms with Crippen molar-refractivity contribution in [1.82, 2.24) is 0 Å². The van der Waals surface area contributed by atoms with Crippen molar-refractivity contribution in [2.24, 2.45) is 0 Å². The number of ether oxygens (including phenoxy) is 1. The zero-order chi connectivity index (χ0) is 12.3. The molecule has 0 heterocycles. The van der Waals surface area contributed by atoms with Gasteiger partial charge in [0.2, 0.25) is 0 Å². The van der Waals surface area contributed by atoms with Crippen LogP contribution in [0.3, 0.4) is 0 Å². The van der Waals surface area contributed by atoms with Crippen molar-refractivity contribution >= 4 is 11.8 Å². The van der Waals surface area contributed by atoms with Crippen molar-refractivity contribution < 1.29 is 19.4 Å². The molecule has 1 N–H and O–H groups in total. The highest BCUT2D eigenvalue weighted by molar-refractivity contribution is 6.40. The van der Waals surface area contributed by atoms with Gasteiger partial charge in [0, 0.05) is 0 Å². The van der Waals surface area contributed by atoms with Crippen molar-refractivity contribution in [1.29, 1.82) is 0 Å². The number of aryl methyl sites for hydroxylation is 2. The maximum Gasteiger partial charge on any atom is 0.377 e. The SMILES string of the molecule is CCc1cc(C)cc(C(=O)C(=O)O)c1OC. The van der Waals surface area contributed by atoms with Crippen LogP contribution in [0.1, 0.15) is 28.4 Å². The first-order chi connectivity index (χ1) is 7.51. The van der Waals surface area contributed by atoms with Crippen LogP contribution in [0.15, 0.2) is 12.1 Å². The van der Waals surface area contributed by atoms with E-state index >= 15 is 0 Å². The quantitative estimate of drug-likeness (QED) is 0.623. The lowest BCUT2D eigenvalue weighted by molar-refractivity contribution is -0.131. The van der Waals surface area contributed by atoms with Gasteiger partial charge in [0.1, 0.15) is 5.75 Å². The number of hydrogen-bond donors (Lipinski definition) is 1. The van der Waals surface area contributed by atoms with Gasteiger partial charge in [0.15, 0.2) is 0 Å². The minimum absolute atomic E-state index is 0.117. The van der Waals surface area contributed by atoms with E-state index in [-0.39, 0.29) is 5.56 Å². The molecule has 4 heteroatoms. The van der Waals surface area contributed by atoms with Crippen molar-refractivity contribution in [2.45, 2.75) is 20.3 Å². The number of carbonyl (C=O) groups is 2. The number of Topliss-reactive ketones (excluding diaryl/α,β-unsaturated/α-hetero) is 1. The second-order valence-corrected chi connectivity index (χ2v) is 3.49. The van der Waals surface area contributed by atoms with E-state index in [4.69, 9.17) is 9.84 Å². The summed E-state index contributed by atoms with van der Waals surface area (Å²) >= 11 is 0. The minimum Gasteiger partial charge on any atom is -0.496 e. The Morgan fingerprint density at radius 1 is 1.38 bits per heavy atom. The maximum absolute atomic E-state index is 11.5. The molecule has 0 saturated heterocycles. The van der Waals surface area contributed by atoms with Crippen molar-refractivity contribution in [3.05, 3.63) is 28.8 Å². The molecular formula is C12H14O4. The Balaban J connectivity index is 3.42. The molecule has 0 aliphatic heterocycles. The number of aliphatic carboxylic acids is 1. The summed E-state index contributed by atoms with van der Waals surface area (Å²) in [6.07, 6.45) is 0.685. The van der Waals surface area contributed by atoms with Gasteiger partial charge in [-0.05, 0) is 30.5 Å². The monoisotopic (exact) mass is 222 g/mol. The number of ketones is 1. The predicted octanol–water partition coefficient (Wildman–Crippen LogP) is 1.83. The van der Waals surface area contributed by atoms with E-state index in [0.29, 0.717) is 12.2 Å². The Morgan fingerprint density at radius 2 is 2.00 bits per heavy atom. The van der Waals surface area contributed by atoms with Crippen LogP contribution in [0.2, 0.25) is 0 Å². The summed E-state index contributed by atoms with van der Waals surface area (Å²) in [5.41, 5.74) is 1.81. The number of carboxylic acids is 1. The van der Waals surface area contributed by atoms with Gasteiger partial charge in [-0.2, -0.15) is 0 Å². The average molecular weight is 222 g/mol. The molecule has 1 rings (SSSR count). The van der Waals surface area contributed by atoms with Crippen LogP contribution < -0.4 is 4.74 Å². The Kier molecular flexibility index (Phi) is 3.66. The number of carbonyl (C=O) groups excluding carboxylic acids is 1. The number of hydrogen-bond acceptors (Lipinski definition) is 3. The predicted molar refractivity (Wildman–Crippen MR) is 59.1 cm³/mol. The van der Waals surface area contributed by atoms with Crippen LogP contribution in [0, 0.1) is 6.92 Å². The molecule has 0 aromatic heterocycles. The normalized spacial score (nSPS) is 9.94. The molecule has 0 aliphatic carbocycles. The van der Waals surface area contributed by atoms with Gasteiger partial charge in [-0.15, -0.1) is 0 Å². The van der Waals surface area contributed by atoms with E-state index in [9.17, 15) is 9.59 Å². The fraction of sp³-hybridized carbons (Fsp3) is 0.333. The lowest BCUT2D eigenvalue weighted by Gasteiger charge is -2.11. The molecule has 1 aromatic carbocycles. The van der Waals surface area contributed by atoms with Crippen LogP contribution in [0.5, 0.6) is 5.75 Å². The van der Waals surface area contributed by atoms with E-state index in [1.54, 1.807) is 0 Å². The lowest BCUT2D eigenvalue weighted by Crippen LogP contribution is -2.15. The Labute approximate surface area is 93.9 Å². The summed E-state index contributed by atoms with van der Waals surface area (Å²) in [6.45, 7) is 3.74. The number of rotatable bonds is 4. The van der Waals surface area contributed by atoms with Gasteiger partial charge >= 0.3 is 5.97 Å². The smallest absolute Gasteiger partial charge is 0.377 e. The lowest BCUT2D eigenvalue weighted by atomic mass is 10.00. The second kappa shape index (κ2) is 4.79. The van der Waals surface area contributed by atoms with E-state index in [1.165, 1.54) is 13.2 Å². The maximum atomic E-state index is 11.5. The molecule has 0 amide bonds. The first-order valence-corrected chi connectivity index (χ1v) is 4.96. The molecule has 4 nitrogen and oxygen atoms in total. The molecule has 0 aliphatic rings. The summed E-state index contributed by atoms with van der Waals surface area (Å²) in [6, 6.07) is 3.42. The minimum atomic E-state index is -1.47. The third kappa shape index (κ3) is 2.21. The van der Waals surface area contributed by atoms with E-state index < -0.39 is 11.8 Å². The van der Waals surface area contributed by atoms with Crippen molar-refractivity contribution in [3.8, 4) is 5.75 Å². The van der Waals surface area contributed by atoms with Gasteiger partial charge in [-0.25, -0.2) is 4.79 Å². The Morgan fingerprint density at radius 3 is 2.44 bits per heavy atom. The summed E-state index contributed by atoms with van der Waals surface area (Å²) < 4.78 is 5.11. The summed E-state index contributed by atoms with van der Waals surface area (Å²) in [5.74, 6) is -2.04. The third-order valence-corrected chi connectivity index (χ3v) is 2.33. The molecule has 0 saturated carbocycles. The Bertz CT molecular complexity index is 435. The molecule has 16 heavy (non-hydrogen) atoms. The highest BCUT2D eigenvalue weighted by Crippen LogP contribution is 2.26. The average Bonchev–Trinajstić information content (AvgIpc) is 2.26. The topological polar surface area (TPSA) is 63.6 Å². The third-order valence-electron chi connectivity index (χ3n) is 2.33. The molecule has 0 unspecified atom stereocenters. The van der Waals surface area contributed by atoms with E-state index in [2.05, 4.69) is 0 Å². The fourth-order valence-electron chi connectivity index (χ4n) is 1.64. The van der Waals surface area contributed by atoms with E-state index in [0.717, 1.165) is 11.1 Å². The molecule has 1 aromatic rings. The van der Waals surface area contributed by atoms with Crippen LogP contribution >= 0.6 is 0 Å². The summed E-state index contributed by atoms with van der Waals surface area (Å²) in [5, 5.41) is 8.70. The molecule has 86 valence electrons. The van der Waals surface area contributed by atoms with Crippen LogP contribution in [-0.4, -0.2) is 24.0 Å². The zero-order valence-corrected chi connectivity index (χ0v) is 9.53. The van der Waals surface area contributed by atoms with Gasteiger partial charge < -0.3 is 9.84 Å². The van der Waals surface area contributed by atoms with Crippen molar-refractivity contribution in [2.75, 3.05) is 7.11 Å². The number of benzene rings is 1. The van der Waals surface area contributed by atoms with Gasteiger partial charge in [-0.1, -0.05) is 13.0 Å². The van der Waals surface area contributed by atoms with Gasteiger partial charge in [-0.3, -0.25) is 4.79 Å². The first-order valence-electron chi connectivity index (χ1n) is 4.96. The summed E-state index contributed by atoms with van der Waals surface area (Å²) in [4.78, 5) is 22.1. The van der Waals surface area contributed by atoms with Crippen LogP contribution in [0.25, 0.3) is 0 Å². The highest BCUT2D eigenvalue weighted by Gasteiger charge is 2.21. The first kappa shape index (κ1) is 12.2. The highest BCUT2D eigenvalue weighted by atomic mass is 16.5. The molecule has 0 fully saturated rings. The fourth-order valence-corrected chi connectivity index (χ4v) is 1.64. The zero-order valence-electron chi connectivity index (χ0n) is 9.53. The standard InChI is InChI=1S/C12H14O4/c1-4-8-5-7(2)6-9(11(8)16-3)10(13)12(14)15/h5-6H,4H2,1-3H3,(H,14,15). The van der Waals surface area contributed by atoms with Gasteiger partial charge in [0.25, 0.3) is 5.78 Å². The molecule has 0 radical (unpaired) electrons. The largest absolute Gasteiger partial charge is 0.496 e. The summed E-state index contributed by atoms with van der Waals surface area (Å²) in [7, 11) is 1.43. The second-order valence-electron chi connectivity index (χ2n) is 3.49. The Hall–Kier alpha value is -1.84. The molecule has 0 spiro atoms.